The fourth-order valence-electron chi connectivity index (χ4n) is 0.942. The summed E-state index contributed by atoms with van der Waals surface area (Å²) < 4.78 is 0. The average molecular weight is 165 g/mol. The van der Waals surface area contributed by atoms with E-state index in [1.165, 1.54) is 0 Å². The van der Waals surface area contributed by atoms with Gasteiger partial charge in [0.05, 0.1) is 0 Å². The molecule has 0 saturated carbocycles. The van der Waals surface area contributed by atoms with E-state index in [1.54, 1.807) is 12.4 Å². The molecule has 1 aromatic rings. The zero-order chi connectivity index (χ0) is 8.65. The number of hydrogen-bond acceptors (Lipinski definition) is 3. The second-order valence-corrected chi connectivity index (χ2v) is 2.52. The second-order valence-electron chi connectivity index (χ2n) is 2.52. The van der Waals surface area contributed by atoms with E-state index in [2.05, 4.69) is 22.5 Å². The highest BCUT2D eigenvalue weighted by Gasteiger charge is 1.87. The van der Waals surface area contributed by atoms with E-state index in [4.69, 9.17) is 0 Å². The molecule has 0 aliphatic carbocycles. The van der Waals surface area contributed by atoms with E-state index < -0.39 is 0 Å². The van der Waals surface area contributed by atoms with Crippen LogP contribution in [0, 0.1) is 0 Å². The van der Waals surface area contributed by atoms with Gasteiger partial charge in [0.1, 0.15) is 0 Å². The topological polar surface area (TPSA) is 37.0 Å². The molecule has 0 aliphatic heterocycles. The molecule has 0 bridgehead atoms. The molecule has 66 valence electrons. The van der Waals surface area contributed by atoms with Crippen LogP contribution in [0.15, 0.2) is 24.5 Å². The zero-order valence-corrected chi connectivity index (χ0v) is 7.38. The first-order chi connectivity index (χ1) is 5.93. The Morgan fingerprint density at radius 2 is 2.00 bits per heavy atom. The fourth-order valence-corrected chi connectivity index (χ4v) is 0.942. The minimum absolute atomic E-state index is 0.956. The lowest BCUT2D eigenvalue weighted by atomic mass is 10.4. The van der Waals surface area contributed by atoms with Crippen LogP contribution in [0.1, 0.15) is 6.92 Å². The standard InChI is InChI=1S/C9H15N3/c1-2-10-7-8-12-9-3-5-11-6-4-9/h3-6,10H,2,7-8H2,1H3,(H,11,12). The van der Waals surface area contributed by atoms with Crippen molar-refractivity contribution in [2.75, 3.05) is 25.0 Å². The summed E-state index contributed by atoms with van der Waals surface area (Å²) in [6.45, 7) is 5.08. The van der Waals surface area contributed by atoms with Crippen molar-refractivity contribution in [3.63, 3.8) is 0 Å². The Balaban J connectivity index is 2.16. The molecule has 0 aliphatic rings. The van der Waals surface area contributed by atoms with Gasteiger partial charge in [-0.05, 0) is 18.7 Å². The molecule has 0 aromatic carbocycles. The number of hydrogen-bond donors (Lipinski definition) is 2. The minimum Gasteiger partial charge on any atom is -0.384 e. The van der Waals surface area contributed by atoms with Crippen LogP contribution >= 0.6 is 0 Å². The van der Waals surface area contributed by atoms with Crippen molar-refractivity contribution >= 4 is 5.69 Å². The molecule has 12 heavy (non-hydrogen) atoms. The van der Waals surface area contributed by atoms with Gasteiger partial charge >= 0.3 is 0 Å². The summed E-state index contributed by atoms with van der Waals surface area (Å²) in [7, 11) is 0. The van der Waals surface area contributed by atoms with Crippen LogP contribution in [0.4, 0.5) is 5.69 Å². The quantitative estimate of drug-likeness (QED) is 0.642. The van der Waals surface area contributed by atoms with Crippen LogP contribution in [0.3, 0.4) is 0 Å². The van der Waals surface area contributed by atoms with Gasteiger partial charge in [-0.3, -0.25) is 4.98 Å². The lowest BCUT2D eigenvalue weighted by Crippen LogP contribution is -2.21. The molecule has 0 amide bonds. The highest BCUT2D eigenvalue weighted by Crippen LogP contribution is 2.00. The average Bonchev–Trinajstić information content (AvgIpc) is 2.14. The summed E-state index contributed by atoms with van der Waals surface area (Å²) in [4.78, 5) is 3.93. The summed E-state index contributed by atoms with van der Waals surface area (Å²) >= 11 is 0. The Labute approximate surface area is 73.2 Å². The Kier molecular flexibility index (Phi) is 4.16. The van der Waals surface area contributed by atoms with E-state index in [0.717, 1.165) is 25.3 Å². The lowest BCUT2D eigenvalue weighted by Gasteiger charge is -2.05. The van der Waals surface area contributed by atoms with Crippen LogP contribution in [-0.4, -0.2) is 24.6 Å². The first kappa shape index (κ1) is 9.00. The van der Waals surface area contributed by atoms with E-state index in [1.807, 2.05) is 12.1 Å². The number of nitrogens with one attached hydrogen (secondary N) is 2. The van der Waals surface area contributed by atoms with Gasteiger partial charge in [-0.2, -0.15) is 0 Å². The molecule has 0 radical (unpaired) electrons. The summed E-state index contributed by atoms with van der Waals surface area (Å²) in [5.41, 5.74) is 1.13. The molecule has 1 rings (SSSR count). The van der Waals surface area contributed by atoms with Gasteiger partial charge in [-0.1, -0.05) is 6.92 Å². The minimum atomic E-state index is 0.956. The normalized spacial score (nSPS) is 9.75. The number of anilines is 1. The molecule has 3 nitrogen and oxygen atoms in total. The second kappa shape index (κ2) is 5.55. The molecular formula is C9H15N3. The first-order valence-electron chi connectivity index (χ1n) is 4.28. The van der Waals surface area contributed by atoms with Crippen LogP contribution in [0.5, 0.6) is 0 Å². The molecule has 1 aromatic heterocycles. The third-order valence-electron chi connectivity index (χ3n) is 1.56. The third-order valence-corrected chi connectivity index (χ3v) is 1.56. The van der Waals surface area contributed by atoms with Crippen molar-refractivity contribution in [3.8, 4) is 0 Å². The van der Waals surface area contributed by atoms with Gasteiger partial charge in [-0.25, -0.2) is 0 Å². The monoisotopic (exact) mass is 165 g/mol. The summed E-state index contributed by atoms with van der Waals surface area (Å²) in [6.07, 6.45) is 3.57. The van der Waals surface area contributed by atoms with E-state index in [0.29, 0.717) is 0 Å². The maximum Gasteiger partial charge on any atom is 0.0371 e. The summed E-state index contributed by atoms with van der Waals surface area (Å²) in [5, 5.41) is 6.52. The van der Waals surface area contributed by atoms with Crippen molar-refractivity contribution in [1.82, 2.24) is 10.3 Å². The van der Waals surface area contributed by atoms with Crippen LogP contribution in [-0.2, 0) is 0 Å². The SMILES string of the molecule is CCNCCNc1ccncc1. The Morgan fingerprint density at radius 3 is 2.67 bits per heavy atom. The highest BCUT2D eigenvalue weighted by molar-refractivity contribution is 5.40. The molecular weight excluding hydrogens is 150 g/mol. The van der Waals surface area contributed by atoms with Crippen molar-refractivity contribution in [2.45, 2.75) is 6.92 Å². The maximum atomic E-state index is 3.93. The molecule has 0 fully saturated rings. The van der Waals surface area contributed by atoms with Crippen LogP contribution < -0.4 is 10.6 Å². The van der Waals surface area contributed by atoms with E-state index in [9.17, 15) is 0 Å². The molecule has 0 saturated heterocycles. The van der Waals surface area contributed by atoms with Gasteiger partial charge in [0.2, 0.25) is 0 Å². The maximum absolute atomic E-state index is 3.93. The molecule has 2 N–H and O–H groups in total. The molecule has 1 heterocycles. The van der Waals surface area contributed by atoms with E-state index >= 15 is 0 Å². The Bertz CT molecular complexity index is 198. The number of likely N-dealkylation sites (N-methyl/N-ethyl adjacent to an activating group) is 1. The molecule has 0 atom stereocenters. The summed E-state index contributed by atoms with van der Waals surface area (Å²) in [5.74, 6) is 0. The van der Waals surface area contributed by atoms with E-state index in [-0.39, 0.29) is 0 Å². The smallest absolute Gasteiger partial charge is 0.0371 e. The van der Waals surface area contributed by atoms with Gasteiger partial charge in [0.25, 0.3) is 0 Å². The molecule has 0 unspecified atom stereocenters. The number of aromatic nitrogens is 1. The predicted octanol–water partition coefficient (Wildman–Crippen LogP) is 1.10. The number of pyridine rings is 1. The van der Waals surface area contributed by atoms with Crippen molar-refractivity contribution < 1.29 is 0 Å². The number of nitrogens with zero attached hydrogens (tertiary/aromatic N) is 1. The molecule has 0 spiro atoms. The van der Waals surface area contributed by atoms with Crippen molar-refractivity contribution in [1.29, 1.82) is 0 Å². The van der Waals surface area contributed by atoms with Gasteiger partial charge in [-0.15, -0.1) is 0 Å². The Morgan fingerprint density at radius 1 is 1.25 bits per heavy atom. The predicted molar refractivity (Wildman–Crippen MR) is 51.3 cm³/mol. The largest absolute Gasteiger partial charge is 0.384 e. The first-order valence-corrected chi connectivity index (χ1v) is 4.28. The third kappa shape index (κ3) is 3.34. The zero-order valence-electron chi connectivity index (χ0n) is 7.38. The fraction of sp³-hybridized carbons (Fsp3) is 0.444. The summed E-state index contributed by atoms with van der Waals surface area (Å²) in [6, 6.07) is 3.93. The van der Waals surface area contributed by atoms with Gasteiger partial charge in [0.15, 0.2) is 0 Å². The van der Waals surface area contributed by atoms with Gasteiger partial charge < -0.3 is 10.6 Å². The van der Waals surface area contributed by atoms with Crippen molar-refractivity contribution in [2.24, 2.45) is 0 Å². The molecule has 3 heteroatoms. The van der Waals surface area contributed by atoms with Crippen molar-refractivity contribution in [3.05, 3.63) is 24.5 Å². The number of rotatable bonds is 5. The van der Waals surface area contributed by atoms with Crippen LogP contribution in [0.2, 0.25) is 0 Å². The highest BCUT2D eigenvalue weighted by atomic mass is 14.9. The van der Waals surface area contributed by atoms with Crippen LogP contribution in [0.25, 0.3) is 0 Å². The Hall–Kier alpha value is -1.09. The lowest BCUT2D eigenvalue weighted by molar-refractivity contribution is 0.739. The van der Waals surface area contributed by atoms with Gasteiger partial charge in [0, 0.05) is 31.2 Å².